The number of hydrogen-bond donors (Lipinski definition) is 1. The molecule has 0 aromatic heterocycles. The molecule has 0 atom stereocenters. The molecule has 2 rings (SSSR count). The SMILES string of the molecule is NP(=O)(OS(=O)(=O)c1ccccc1)OS(=O)(=O)c1ccccc1. The average Bonchev–Trinajstić information content (AvgIpc) is 2.47. The molecule has 23 heavy (non-hydrogen) atoms. The third-order valence-electron chi connectivity index (χ3n) is 2.47. The highest BCUT2D eigenvalue weighted by atomic mass is 32.2. The molecule has 0 radical (unpaired) electrons. The lowest BCUT2D eigenvalue weighted by atomic mass is 10.4. The summed E-state index contributed by atoms with van der Waals surface area (Å²) in [6, 6.07) is 13.4. The van der Waals surface area contributed by atoms with Crippen LogP contribution in [-0.4, -0.2) is 16.8 Å². The lowest BCUT2D eigenvalue weighted by Crippen LogP contribution is -2.15. The van der Waals surface area contributed by atoms with Gasteiger partial charge in [-0.2, -0.15) is 24.8 Å². The maximum atomic E-state index is 12.0. The van der Waals surface area contributed by atoms with Gasteiger partial charge in [-0.25, -0.2) is 10.1 Å². The van der Waals surface area contributed by atoms with Crippen LogP contribution in [0.15, 0.2) is 70.5 Å². The van der Waals surface area contributed by atoms with Crippen molar-refractivity contribution in [1.29, 1.82) is 0 Å². The van der Waals surface area contributed by atoms with Crippen LogP contribution in [0.25, 0.3) is 0 Å². The second-order valence-corrected chi connectivity index (χ2v) is 9.25. The summed E-state index contributed by atoms with van der Waals surface area (Å²) < 4.78 is 68.2. The van der Waals surface area contributed by atoms with E-state index in [1.54, 1.807) is 12.1 Å². The fraction of sp³-hybridized carbons (Fsp3) is 0. The van der Waals surface area contributed by atoms with E-state index in [1.165, 1.54) is 48.5 Å². The Labute approximate surface area is 133 Å². The van der Waals surface area contributed by atoms with Gasteiger partial charge in [-0.05, 0) is 24.3 Å². The zero-order chi connectivity index (χ0) is 17.1. The quantitative estimate of drug-likeness (QED) is 0.755. The Hall–Kier alpha value is -1.55. The minimum atomic E-state index is -4.94. The van der Waals surface area contributed by atoms with Gasteiger partial charge in [0.25, 0.3) is 0 Å². The molecule has 2 N–H and O–H groups in total. The Morgan fingerprint density at radius 3 is 1.30 bits per heavy atom. The Morgan fingerprint density at radius 2 is 1.00 bits per heavy atom. The molecule has 0 saturated heterocycles. The summed E-state index contributed by atoms with van der Waals surface area (Å²) in [6.45, 7) is 0. The van der Waals surface area contributed by atoms with Gasteiger partial charge in [-0.1, -0.05) is 36.4 Å². The van der Waals surface area contributed by atoms with Gasteiger partial charge in [0.2, 0.25) is 0 Å². The summed E-state index contributed by atoms with van der Waals surface area (Å²) >= 11 is 0. The van der Waals surface area contributed by atoms with Crippen LogP contribution < -0.4 is 5.50 Å². The van der Waals surface area contributed by atoms with Gasteiger partial charge in [0, 0.05) is 0 Å². The fourth-order valence-corrected chi connectivity index (χ4v) is 5.73. The van der Waals surface area contributed by atoms with Gasteiger partial charge in [0.05, 0.1) is 9.79 Å². The largest absolute Gasteiger partial charge is 0.432 e. The summed E-state index contributed by atoms with van der Waals surface area (Å²) in [4.78, 5) is -0.683. The molecular formula is C12H12NO7PS2. The second-order valence-electron chi connectivity index (χ2n) is 4.22. The Morgan fingerprint density at radius 1 is 0.696 bits per heavy atom. The van der Waals surface area contributed by atoms with E-state index in [9.17, 15) is 21.4 Å². The van der Waals surface area contributed by atoms with Crippen LogP contribution in [0.5, 0.6) is 0 Å². The molecule has 0 bridgehead atoms. The first-order valence-corrected chi connectivity index (χ1v) is 10.5. The van der Waals surface area contributed by atoms with Crippen molar-refractivity contribution in [3.05, 3.63) is 60.7 Å². The summed E-state index contributed by atoms with van der Waals surface area (Å²) in [5.41, 5.74) is 5.12. The highest BCUT2D eigenvalue weighted by Gasteiger charge is 2.35. The van der Waals surface area contributed by atoms with Crippen LogP contribution in [0.1, 0.15) is 0 Å². The third kappa shape index (κ3) is 4.71. The zero-order valence-electron chi connectivity index (χ0n) is 11.5. The fourth-order valence-electron chi connectivity index (χ4n) is 1.55. The van der Waals surface area contributed by atoms with Crippen molar-refractivity contribution in [2.24, 2.45) is 5.50 Å². The van der Waals surface area contributed by atoms with Crippen molar-refractivity contribution < 1.29 is 29.3 Å². The van der Waals surface area contributed by atoms with Gasteiger partial charge < -0.3 is 0 Å². The predicted octanol–water partition coefficient (Wildman–Crippen LogP) is 1.86. The van der Waals surface area contributed by atoms with Gasteiger partial charge in [0.1, 0.15) is 0 Å². The highest BCUT2D eigenvalue weighted by molar-refractivity contribution is 7.94. The highest BCUT2D eigenvalue weighted by Crippen LogP contribution is 2.45. The maximum absolute atomic E-state index is 12.0. The van der Waals surface area contributed by atoms with Gasteiger partial charge in [-0.3, -0.25) is 0 Å². The molecule has 0 spiro atoms. The van der Waals surface area contributed by atoms with E-state index in [0.717, 1.165) is 0 Å². The van der Waals surface area contributed by atoms with E-state index in [2.05, 4.69) is 7.94 Å². The molecule has 2 aromatic rings. The van der Waals surface area contributed by atoms with Gasteiger partial charge in [-0.15, -0.1) is 0 Å². The third-order valence-corrected chi connectivity index (χ3v) is 7.40. The molecular weight excluding hydrogens is 365 g/mol. The van der Waals surface area contributed by atoms with Crippen LogP contribution in [0.4, 0.5) is 0 Å². The molecule has 0 saturated carbocycles. The molecule has 0 aliphatic carbocycles. The van der Waals surface area contributed by atoms with Crippen LogP contribution in [0.3, 0.4) is 0 Å². The first-order chi connectivity index (χ1) is 10.6. The van der Waals surface area contributed by atoms with Crippen molar-refractivity contribution in [2.45, 2.75) is 9.79 Å². The van der Waals surface area contributed by atoms with E-state index in [0.29, 0.717) is 0 Å². The minimum absolute atomic E-state index is 0.341. The molecule has 124 valence electrons. The number of nitrogens with two attached hydrogens (primary N) is 1. The molecule has 0 fully saturated rings. The standard InChI is InChI=1S/C12H12NO7PS2/c13-21(14,19-22(15,16)11-7-3-1-4-8-11)20-23(17,18)12-9-5-2-6-10-12/h1-10H,(H2,13,14). The van der Waals surface area contributed by atoms with E-state index in [1.807, 2.05) is 0 Å². The van der Waals surface area contributed by atoms with E-state index < -0.39 is 28.0 Å². The van der Waals surface area contributed by atoms with Crippen molar-refractivity contribution in [3.8, 4) is 0 Å². The summed E-state index contributed by atoms with van der Waals surface area (Å²) in [5, 5.41) is 0. The topological polar surface area (TPSA) is 130 Å². The second kappa shape index (κ2) is 6.52. The minimum Gasteiger partial charge on any atom is -0.239 e. The Kier molecular flexibility index (Phi) is 5.04. The van der Waals surface area contributed by atoms with Crippen LogP contribution in [0.2, 0.25) is 0 Å². The van der Waals surface area contributed by atoms with E-state index in [-0.39, 0.29) is 9.79 Å². The first kappa shape index (κ1) is 17.8. The van der Waals surface area contributed by atoms with Crippen molar-refractivity contribution in [2.75, 3.05) is 0 Å². The van der Waals surface area contributed by atoms with E-state index >= 15 is 0 Å². The van der Waals surface area contributed by atoms with Gasteiger partial charge >= 0.3 is 28.0 Å². The molecule has 11 heteroatoms. The molecule has 8 nitrogen and oxygen atoms in total. The van der Waals surface area contributed by atoms with Crippen LogP contribution in [-0.2, 0) is 32.7 Å². The Bertz CT molecular complexity index is 852. The van der Waals surface area contributed by atoms with Crippen LogP contribution in [0, 0.1) is 0 Å². The molecule has 0 unspecified atom stereocenters. The predicted molar refractivity (Wildman–Crippen MR) is 81.2 cm³/mol. The summed E-state index contributed by atoms with van der Waals surface area (Å²) in [5.74, 6) is 0. The molecule has 0 amide bonds. The van der Waals surface area contributed by atoms with Crippen molar-refractivity contribution >= 4 is 28.0 Å². The normalized spacial score (nSPS) is 12.9. The molecule has 0 heterocycles. The van der Waals surface area contributed by atoms with Crippen molar-refractivity contribution in [1.82, 2.24) is 0 Å². The smallest absolute Gasteiger partial charge is 0.239 e. The molecule has 2 aromatic carbocycles. The van der Waals surface area contributed by atoms with E-state index in [4.69, 9.17) is 5.50 Å². The van der Waals surface area contributed by atoms with Gasteiger partial charge in [0.15, 0.2) is 0 Å². The summed E-state index contributed by atoms with van der Waals surface area (Å²) in [7, 11) is -14.0. The Balaban J connectivity index is 2.25. The molecule has 0 aliphatic heterocycles. The lowest BCUT2D eigenvalue weighted by Gasteiger charge is -2.13. The average molecular weight is 377 g/mol. The maximum Gasteiger partial charge on any atom is 0.432 e. The number of benzene rings is 2. The molecule has 0 aliphatic rings. The monoisotopic (exact) mass is 377 g/mol. The number of rotatable bonds is 6. The zero-order valence-corrected chi connectivity index (χ0v) is 14.0. The summed E-state index contributed by atoms with van der Waals surface area (Å²) in [6.07, 6.45) is 0. The van der Waals surface area contributed by atoms with Crippen LogP contribution >= 0.6 is 7.75 Å². The van der Waals surface area contributed by atoms with Crippen molar-refractivity contribution in [3.63, 3.8) is 0 Å². The lowest BCUT2D eigenvalue weighted by molar-refractivity contribution is 0.381. The number of hydrogen-bond acceptors (Lipinski definition) is 7. The first-order valence-electron chi connectivity index (χ1n) is 6.04.